The van der Waals surface area contributed by atoms with E-state index in [0.29, 0.717) is 34.3 Å². The van der Waals surface area contributed by atoms with Gasteiger partial charge in [0, 0.05) is 56.7 Å². The topological polar surface area (TPSA) is 124 Å². The van der Waals surface area contributed by atoms with E-state index >= 15 is 0 Å². The summed E-state index contributed by atoms with van der Waals surface area (Å²) in [4.78, 5) is 39.9. The monoisotopic (exact) mass is 612 g/mol. The minimum atomic E-state index is -0.412. The molecule has 0 spiro atoms. The van der Waals surface area contributed by atoms with Crippen molar-refractivity contribution in [1.29, 1.82) is 0 Å². The molecular weight excluding hydrogens is 583 g/mol. The van der Waals surface area contributed by atoms with Crippen LogP contribution in [0.5, 0.6) is 11.5 Å². The van der Waals surface area contributed by atoms with E-state index in [9.17, 15) is 9.59 Å². The van der Waals surface area contributed by atoms with Crippen molar-refractivity contribution < 1.29 is 19.1 Å². The Balaban J connectivity index is 1.45. The van der Waals surface area contributed by atoms with E-state index in [1.165, 1.54) is 30.1 Å². The van der Waals surface area contributed by atoms with E-state index in [2.05, 4.69) is 37.4 Å². The normalized spacial score (nSPS) is 14.8. The highest BCUT2D eigenvalue weighted by Crippen LogP contribution is 2.47. The second-order valence-electron chi connectivity index (χ2n) is 9.51. The number of ether oxygens (including phenoxy) is 2. The predicted octanol–water partition coefficient (Wildman–Crippen LogP) is 4.65. The quantitative estimate of drug-likeness (QED) is 0.312. The molecule has 3 heterocycles. The van der Waals surface area contributed by atoms with Gasteiger partial charge in [0.1, 0.15) is 27.4 Å². The van der Waals surface area contributed by atoms with Crippen molar-refractivity contribution in [2.24, 2.45) is 0 Å². The van der Waals surface area contributed by atoms with Gasteiger partial charge in [0.25, 0.3) is 0 Å². The molecule has 12 nitrogen and oxygen atoms in total. The van der Waals surface area contributed by atoms with Crippen molar-refractivity contribution in [3.05, 3.63) is 58.7 Å². The summed E-state index contributed by atoms with van der Waals surface area (Å²) in [6, 6.07) is 6.88. The van der Waals surface area contributed by atoms with E-state index in [1.807, 2.05) is 18.2 Å². The molecule has 1 saturated heterocycles. The van der Waals surface area contributed by atoms with Crippen LogP contribution in [0, 0.1) is 0 Å². The van der Waals surface area contributed by atoms with Gasteiger partial charge >= 0.3 is 6.03 Å². The number of amides is 3. The largest absolute Gasteiger partial charge is 0.495 e. The van der Waals surface area contributed by atoms with Gasteiger partial charge in [-0.25, -0.2) is 9.78 Å². The first kappa shape index (κ1) is 29.2. The summed E-state index contributed by atoms with van der Waals surface area (Å²) >= 11 is 13.2. The van der Waals surface area contributed by atoms with E-state index in [-0.39, 0.29) is 34.1 Å². The molecular formula is C28H30Cl2N8O4. The summed E-state index contributed by atoms with van der Waals surface area (Å²) in [7, 11) is 4.53. The fourth-order valence-corrected chi connectivity index (χ4v) is 5.53. The van der Waals surface area contributed by atoms with Crippen LogP contribution in [-0.4, -0.2) is 69.4 Å². The van der Waals surface area contributed by atoms with Crippen molar-refractivity contribution in [3.8, 4) is 11.5 Å². The number of nitrogens with one attached hydrogen (secondary N) is 3. The molecule has 3 N–H and O–H groups in total. The summed E-state index contributed by atoms with van der Waals surface area (Å²) in [5.74, 6) is 0.924. The minimum Gasteiger partial charge on any atom is -0.495 e. The van der Waals surface area contributed by atoms with Crippen molar-refractivity contribution >= 4 is 69.7 Å². The first-order valence-electron chi connectivity index (χ1n) is 13.1. The summed E-state index contributed by atoms with van der Waals surface area (Å²) in [5, 5.41) is 9.72. The first-order chi connectivity index (χ1) is 20.2. The van der Waals surface area contributed by atoms with Crippen molar-refractivity contribution in [2.45, 2.75) is 6.54 Å². The van der Waals surface area contributed by atoms with Gasteiger partial charge in [-0.3, -0.25) is 14.6 Å². The third-order valence-corrected chi connectivity index (χ3v) is 7.73. The van der Waals surface area contributed by atoms with Crippen LogP contribution >= 0.6 is 23.2 Å². The number of piperazine rings is 1. The molecule has 3 amide bonds. The Morgan fingerprint density at radius 3 is 2.43 bits per heavy atom. The molecule has 0 unspecified atom stereocenters. The first-order valence-corrected chi connectivity index (χ1v) is 13.8. The summed E-state index contributed by atoms with van der Waals surface area (Å²) in [6.07, 6.45) is 2.83. The minimum absolute atomic E-state index is 0.106. The number of urea groups is 1. The molecule has 2 aromatic carbocycles. The molecule has 14 heteroatoms. The zero-order valence-electron chi connectivity index (χ0n) is 23.3. The van der Waals surface area contributed by atoms with Crippen LogP contribution < -0.4 is 40.1 Å². The lowest BCUT2D eigenvalue weighted by Gasteiger charge is -2.35. The molecule has 1 aromatic heterocycles. The highest BCUT2D eigenvalue weighted by molar-refractivity contribution is 6.42. The number of rotatable bonds is 8. The summed E-state index contributed by atoms with van der Waals surface area (Å²) < 4.78 is 10.7. The molecule has 220 valence electrons. The lowest BCUT2D eigenvalue weighted by Crippen LogP contribution is -2.46. The number of carbonyl (C=O) groups is 2. The molecule has 0 aliphatic carbocycles. The highest BCUT2D eigenvalue weighted by Gasteiger charge is 2.35. The Hall–Kier alpha value is -4.26. The van der Waals surface area contributed by atoms with Gasteiger partial charge in [-0.15, -0.1) is 0 Å². The van der Waals surface area contributed by atoms with Gasteiger partial charge in [-0.2, -0.15) is 4.98 Å². The number of hydrogen-bond acceptors (Lipinski definition) is 9. The van der Waals surface area contributed by atoms with Crippen LogP contribution in [-0.2, 0) is 11.3 Å². The maximum absolute atomic E-state index is 13.6. The second-order valence-corrected chi connectivity index (χ2v) is 10.3. The number of hydrogen-bond donors (Lipinski definition) is 3. The van der Waals surface area contributed by atoms with Gasteiger partial charge in [-0.05, 0) is 24.3 Å². The average Bonchev–Trinajstić information content (AvgIpc) is 3.01. The van der Waals surface area contributed by atoms with Crippen LogP contribution in [0.2, 0.25) is 10.0 Å². The zero-order valence-corrected chi connectivity index (χ0v) is 24.8. The molecule has 1 fully saturated rings. The Kier molecular flexibility index (Phi) is 8.57. The molecule has 2 aliphatic heterocycles. The maximum Gasteiger partial charge on any atom is 0.330 e. The third kappa shape index (κ3) is 5.60. The third-order valence-electron chi connectivity index (χ3n) is 7.00. The Morgan fingerprint density at radius 1 is 1.10 bits per heavy atom. The Morgan fingerprint density at radius 2 is 1.79 bits per heavy atom. The van der Waals surface area contributed by atoms with Crippen LogP contribution in [0.25, 0.3) is 0 Å². The standard InChI is InChI=1S/C28H30Cl2N8O4/c1-5-22(39)33-19-12-17(37-10-8-31-9-11-37)6-7-18(19)34-27-32-14-16-15-38(28(40)36(2)26(16)35-27)25-23(29)20(41-3)13-21(42-4)24(25)30/h5-7,12-14,31H,1,8-11,15H2,2-4H3,(H,33,39)(H,32,34,35). The predicted molar refractivity (Wildman–Crippen MR) is 165 cm³/mol. The second kappa shape index (κ2) is 12.3. The highest BCUT2D eigenvalue weighted by atomic mass is 35.5. The number of benzene rings is 2. The number of halogens is 2. The van der Waals surface area contributed by atoms with E-state index < -0.39 is 6.03 Å². The van der Waals surface area contributed by atoms with E-state index in [4.69, 9.17) is 32.7 Å². The van der Waals surface area contributed by atoms with Gasteiger partial charge in [0.15, 0.2) is 0 Å². The van der Waals surface area contributed by atoms with Crippen molar-refractivity contribution in [1.82, 2.24) is 15.3 Å². The summed E-state index contributed by atoms with van der Waals surface area (Å²) in [6.45, 7) is 7.13. The summed E-state index contributed by atoms with van der Waals surface area (Å²) in [5.41, 5.74) is 3.02. The average molecular weight is 614 g/mol. The molecule has 0 saturated carbocycles. The molecule has 0 radical (unpaired) electrons. The number of methoxy groups -OCH3 is 2. The molecule has 42 heavy (non-hydrogen) atoms. The van der Waals surface area contributed by atoms with Gasteiger partial charge in [0.2, 0.25) is 11.9 Å². The SMILES string of the molecule is C=CC(=O)Nc1cc(N2CCNCC2)ccc1Nc1ncc2c(n1)N(C)C(=O)N(c1c(Cl)c(OC)cc(OC)c1Cl)C2. The molecule has 5 rings (SSSR count). The number of aromatic nitrogens is 2. The molecule has 3 aromatic rings. The number of fused-ring (bicyclic) bond motifs is 1. The fourth-order valence-electron chi connectivity index (χ4n) is 4.82. The fraction of sp³-hybridized carbons (Fsp3) is 0.286. The zero-order chi connectivity index (χ0) is 30.0. The van der Waals surface area contributed by atoms with E-state index in [0.717, 1.165) is 31.9 Å². The van der Waals surface area contributed by atoms with Gasteiger partial charge in [-0.1, -0.05) is 29.8 Å². The lowest BCUT2D eigenvalue weighted by atomic mass is 10.1. The maximum atomic E-state index is 13.6. The van der Waals surface area contributed by atoms with Crippen LogP contribution in [0.3, 0.4) is 0 Å². The van der Waals surface area contributed by atoms with Crippen LogP contribution in [0.15, 0.2) is 43.1 Å². The van der Waals surface area contributed by atoms with Gasteiger partial charge in [0.05, 0.1) is 37.8 Å². The molecule has 0 bridgehead atoms. The van der Waals surface area contributed by atoms with Crippen molar-refractivity contribution in [3.63, 3.8) is 0 Å². The van der Waals surface area contributed by atoms with Crippen LogP contribution in [0.1, 0.15) is 5.56 Å². The Labute approximate surface area is 253 Å². The lowest BCUT2D eigenvalue weighted by molar-refractivity contribution is -0.111. The number of carbonyl (C=O) groups excluding carboxylic acids is 2. The Bertz CT molecular complexity index is 1520. The van der Waals surface area contributed by atoms with Crippen molar-refractivity contribution in [2.75, 3.05) is 72.8 Å². The van der Waals surface area contributed by atoms with Gasteiger partial charge < -0.3 is 30.3 Å². The van der Waals surface area contributed by atoms with E-state index in [1.54, 1.807) is 19.3 Å². The molecule has 0 atom stereocenters. The van der Waals surface area contributed by atoms with Crippen LogP contribution in [0.4, 0.5) is 39.3 Å². The number of nitrogens with zero attached hydrogens (tertiary/aromatic N) is 5. The smallest absolute Gasteiger partial charge is 0.330 e. The number of anilines is 6. The molecule has 2 aliphatic rings.